The van der Waals surface area contributed by atoms with E-state index in [9.17, 15) is 22.4 Å². The van der Waals surface area contributed by atoms with E-state index in [0.29, 0.717) is 18.7 Å². The minimum atomic E-state index is -4.16. The molecular formula is C15H18F4N2O. The van der Waals surface area contributed by atoms with Gasteiger partial charge in [-0.1, -0.05) is 18.2 Å². The monoisotopic (exact) mass is 318 g/mol. The van der Waals surface area contributed by atoms with E-state index in [0.717, 1.165) is 0 Å². The van der Waals surface area contributed by atoms with E-state index in [1.54, 1.807) is 28.0 Å². The molecule has 0 radical (unpaired) electrons. The zero-order chi connectivity index (χ0) is 16.2. The summed E-state index contributed by atoms with van der Waals surface area (Å²) in [4.78, 5) is 15.3. The summed E-state index contributed by atoms with van der Waals surface area (Å²) in [5, 5.41) is 0. The Morgan fingerprint density at radius 3 is 2.50 bits per heavy atom. The molecule has 7 heteroatoms. The normalized spacial score (nSPS) is 17.1. The van der Waals surface area contributed by atoms with Crippen molar-refractivity contribution in [3.8, 4) is 0 Å². The minimum absolute atomic E-state index is 0.00983. The van der Waals surface area contributed by atoms with E-state index in [1.807, 2.05) is 0 Å². The highest BCUT2D eigenvalue weighted by Gasteiger charge is 2.28. The molecule has 1 aliphatic heterocycles. The summed E-state index contributed by atoms with van der Waals surface area (Å²) >= 11 is 0. The smallest absolute Gasteiger partial charge is 0.336 e. The van der Waals surface area contributed by atoms with E-state index in [2.05, 4.69) is 0 Å². The standard InChI is InChI=1S/C15H18F4N2O/c16-13-5-2-1-4-12(13)10-21-9-8-20(11-14(21)22)7-3-6-15(17,18)19/h1-2,4-5H,3,6-11H2. The van der Waals surface area contributed by atoms with Crippen molar-refractivity contribution >= 4 is 5.91 Å². The molecule has 0 aliphatic carbocycles. The molecule has 1 heterocycles. The lowest BCUT2D eigenvalue weighted by Crippen LogP contribution is -2.50. The van der Waals surface area contributed by atoms with Crippen LogP contribution in [0.3, 0.4) is 0 Å². The Kier molecular flexibility index (Phi) is 5.39. The molecule has 1 saturated heterocycles. The third-order valence-corrected chi connectivity index (χ3v) is 3.65. The second-order valence-corrected chi connectivity index (χ2v) is 5.40. The van der Waals surface area contributed by atoms with Crippen LogP contribution < -0.4 is 0 Å². The summed E-state index contributed by atoms with van der Waals surface area (Å²) in [6.45, 7) is 1.45. The fourth-order valence-electron chi connectivity index (χ4n) is 2.45. The molecule has 22 heavy (non-hydrogen) atoms. The maximum absolute atomic E-state index is 13.6. The average molecular weight is 318 g/mol. The number of piperazine rings is 1. The number of nitrogens with zero attached hydrogens (tertiary/aromatic N) is 2. The van der Waals surface area contributed by atoms with Gasteiger partial charge in [0.15, 0.2) is 0 Å². The van der Waals surface area contributed by atoms with Crippen LogP contribution in [-0.4, -0.2) is 48.1 Å². The van der Waals surface area contributed by atoms with Crippen molar-refractivity contribution in [1.82, 2.24) is 9.80 Å². The summed E-state index contributed by atoms with van der Waals surface area (Å²) in [6.07, 6.45) is -5.00. The van der Waals surface area contributed by atoms with Gasteiger partial charge in [0.25, 0.3) is 0 Å². The van der Waals surface area contributed by atoms with Crippen molar-refractivity contribution in [2.75, 3.05) is 26.2 Å². The molecule has 3 nitrogen and oxygen atoms in total. The maximum Gasteiger partial charge on any atom is 0.389 e. The lowest BCUT2D eigenvalue weighted by atomic mass is 10.1. The zero-order valence-electron chi connectivity index (χ0n) is 12.1. The average Bonchev–Trinajstić information content (AvgIpc) is 2.42. The van der Waals surface area contributed by atoms with Crippen molar-refractivity contribution in [2.45, 2.75) is 25.6 Å². The van der Waals surface area contributed by atoms with Crippen LogP contribution in [0, 0.1) is 5.82 Å². The van der Waals surface area contributed by atoms with Crippen LogP contribution in [0.5, 0.6) is 0 Å². The quantitative estimate of drug-likeness (QED) is 0.780. The predicted molar refractivity (Wildman–Crippen MR) is 73.5 cm³/mol. The molecule has 1 aliphatic rings. The zero-order valence-corrected chi connectivity index (χ0v) is 12.1. The number of carbonyl (C=O) groups excluding carboxylic acids is 1. The van der Waals surface area contributed by atoms with Gasteiger partial charge in [-0.05, 0) is 19.0 Å². The second kappa shape index (κ2) is 7.09. The van der Waals surface area contributed by atoms with Crippen LogP contribution >= 0.6 is 0 Å². The number of benzene rings is 1. The van der Waals surface area contributed by atoms with Crippen LogP contribution in [0.25, 0.3) is 0 Å². The van der Waals surface area contributed by atoms with Gasteiger partial charge in [-0.3, -0.25) is 9.69 Å². The first kappa shape index (κ1) is 16.7. The molecule has 2 rings (SSSR count). The van der Waals surface area contributed by atoms with Crippen LogP contribution in [-0.2, 0) is 11.3 Å². The summed E-state index contributed by atoms with van der Waals surface area (Å²) in [5.74, 6) is -0.538. The third-order valence-electron chi connectivity index (χ3n) is 3.65. The van der Waals surface area contributed by atoms with Gasteiger partial charge in [-0.2, -0.15) is 13.2 Å². The Labute approximate surface area is 126 Å². The summed E-state index contributed by atoms with van der Waals surface area (Å²) in [7, 11) is 0. The molecule has 1 aromatic carbocycles. The summed E-state index contributed by atoms with van der Waals surface area (Å²) in [5.41, 5.74) is 0.446. The molecule has 122 valence electrons. The fourth-order valence-corrected chi connectivity index (χ4v) is 2.45. The highest BCUT2D eigenvalue weighted by atomic mass is 19.4. The van der Waals surface area contributed by atoms with Crippen molar-refractivity contribution in [2.24, 2.45) is 0 Å². The van der Waals surface area contributed by atoms with Gasteiger partial charge in [0, 0.05) is 31.6 Å². The number of halogens is 4. The number of rotatable bonds is 5. The van der Waals surface area contributed by atoms with Crippen LogP contribution in [0.4, 0.5) is 17.6 Å². The van der Waals surface area contributed by atoms with Gasteiger partial charge in [0.1, 0.15) is 5.82 Å². The van der Waals surface area contributed by atoms with Crippen molar-refractivity contribution in [3.05, 3.63) is 35.6 Å². The van der Waals surface area contributed by atoms with Crippen molar-refractivity contribution in [3.63, 3.8) is 0 Å². The molecule has 1 aromatic rings. The molecule has 0 unspecified atom stereocenters. The molecule has 0 N–H and O–H groups in total. The first-order chi connectivity index (χ1) is 10.3. The van der Waals surface area contributed by atoms with Gasteiger partial charge in [-0.25, -0.2) is 4.39 Å². The Morgan fingerprint density at radius 2 is 1.86 bits per heavy atom. The Morgan fingerprint density at radius 1 is 1.14 bits per heavy atom. The van der Waals surface area contributed by atoms with E-state index in [4.69, 9.17) is 0 Å². The Balaban J connectivity index is 1.80. The highest BCUT2D eigenvalue weighted by molar-refractivity contribution is 5.79. The molecule has 0 atom stereocenters. The number of hydrogen-bond donors (Lipinski definition) is 0. The van der Waals surface area contributed by atoms with Crippen LogP contribution in [0.1, 0.15) is 18.4 Å². The fraction of sp³-hybridized carbons (Fsp3) is 0.533. The van der Waals surface area contributed by atoms with Crippen molar-refractivity contribution in [1.29, 1.82) is 0 Å². The number of amides is 1. The summed E-state index contributed by atoms with van der Waals surface area (Å²) < 4.78 is 49.9. The van der Waals surface area contributed by atoms with Gasteiger partial charge in [-0.15, -0.1) is 0 Å². The first-order valence-electron chi connectivity index (χ1n) is 7.15. The Bertz CT molecular complexity index is 519. The molecule has 0 spiro atoms. The molecule has 0 bridgehead atoms. The van der Waals surface area contributed by atoms with Gasteiger partial charge in [0.2, 0.25) is 5.91 Å². The maximum atomic E-state index is 13.6. The third kappa shape index (κ3) is 4.98. The van der Waals surface area contributed by atoms with E-state index in [-0.39, 0.29) is 37.8 Å². The lowest BCUT2D eigenvalue weighted by Gasteiger charge is -2.34. The minimum Gasteiger partial charge on any atom is -0.336 e. The van der Waals surface area contributed by atoms with Crippen molar-refractivity contribution < 1.29 is 22.4 Å². The number of hydrogen-bond acceptors (Lipinski definition) is 2. The molecule has 0 aromatic heterocycles. The van der Waals surface area contributed by atoms with Gasteiger partial charge >= 0.3 is 6.18 Å². The van der Waals surface area contributed by atoms with E-state index < -0.39 is 12.6 Å². The highest BCUT2D eigenvalue weighted by Crippen LogP contribution is 2.21. The molecule has 1 amide bonds. The number of carbonyl (C=O) groups is 1. The topological polar surface area (TPSA) is 23.6 Å². The lowest BCUT2D eigenvalue weighted by molar-refractivity contribution is -0.139. The first-order valence-corrected chi connectivity index (χ1v) is 7.15. The summed E-state index contributed by atoms with van der Waals surface area (Å²) in [6, 6.07) is 6.25. The SMILES string of the molecule is O=C1CN(CCCC(F)(F)F)CCN1Cc1ccccc1F. The van der Waals surface area contributed by atoms with Crippen LogP contribution in [0.2, 0.25) is 0 Å². The van der Waals surface area contributed by atoms with Gasteiger partial charge in [0.05, 0.1) is 6.54 Å². The van der Waals surface area contributed by atoms with Crippen LogP contribution in [0.15, 0.2) is 24.3 Å². The number of alkyl halides is 3. The largest absolute Gasteiger partial charge is 0.389 e. The predicted octanol–water partition coefficient (Wildman–Crippen LogP) is 2.81. The van der Waals surface area contributed by atoms with Gasteiger partial charge < -0.3 is 4.90 Å². The molecule has 1 fully saturated rings. The second-order valence-electron chi connectivity index (χ2n) is 5.40. The van der Waals surface area contributed by atoms with E-state index in [1.165, 1.54) is 6.07 Å². The molecular weight excluding hydrogens is 300 g/mol. The van der Waals surface area contributed by atoms with E-state index >= 15 is 0 Å². The Hall–Kier alpha value is -1.63. The molecule has 0 saturated carbocycles.